The third-order valence-corrected chi connectivity index (χ3v) is 3.36. The Labute approximate surface area is 109 Å². The molecule has 18 heavy (non-hydrogen) atoms. The first kappa shape index (κ1) is 12.8. The van der Waals surface area contributed by atoms with E-state index in [4.69, 9.17) is 0 Å². The highest BCUT2D eigenvalue weighted by Gasteiger charge is 2.10. The number of benzene rings is 1. The molecule has 0 atom stereocenters. The van der Waals surface area contributed by atoms with Gasteiger partial charge in [-0.2, -0.15) is 5.10 Å². The number of nitrogens with zero attached hydrogens (tertiary/aromatic N) is 2. The molecule has 0 aliphatic heterocycles. The molecule has 0 unspecified atom stereocenters. The highest BCUT2D eigenvalue weighted by atomic mass is 15.3. The number of aromatic nitrogens is 2. The maximum atomic E-state index is 4.41. The molecule has 1 aromatic carbocycles. The van der Waals surface area contributed by atoms with Crippen LogP contribution in [0.5, 0.6) is 0 Å². The molecule has 1 N–H and O–H groups in total. The lowest BCUT2D eigenvalue weighted by Crippen LogP contribution is -2.05. The van der Waals surface area contributed by atoms with Gasteiger partial charge in [-0.25, -0.2) is 0 Å². The summed E-state index contributed by atoms with van der Waals surface area (Å²) in [5.41, 5.74) is 6.39. The van der Waals surface area contributed by atoms with Gasteiger partial charge in [-0.3, -0.25) is 4.68 Å². The largest absolute Gasteiger partial charge is 0.316 e. The summed E-state index contributed by atoms with van der Waals surface area (Å²) in [6, 6.07) is 6.63. The Bertz CT molecular complexity index is 541. The highest BCUT2D eigenvalue weighted by Crippen LogP contribution is 2.27. The predicted molar refractivity (Wildman–Crippen MR) is 75.6 cm³/mol. The Kier molecular flexibility index (Phi) is 3.82. The lowest BCUT2D eigenvalue weighted by atomic mass is 9.99. The third kappa shape index (κ3) is 2.31. The Morgan fingerprint density at radius 3 is 2.56 bits per heavy atom. The van der Waals surface area contributed by atoms with Crippen LogP contribution in [0.2, 0.25) is 0 Å². The summed E-state index contributed by atoms with van der Waals surface area (Å²) in [6.07, 6.45) is 1.97. The SMILES string of the molecule is CCn1ncc(-c2ccc(CNC)cc2C)c1C. The normalized spacial score (nSPS) is 10.9. The first-order valence-corrected chi connectivity index (χ1v) is 6.44. The average Bonchev–Trinajstić information content (AvgIpc) is 2.71. The van der Waals surface area contributed by atoms with Crippen LogP contribution < -0.4 is 5.32 Å². The molecule has 3 heteroatoms. The molecule has 0 fully saturated rings. The van der Waals surface area contributed by atoms with Gasteiger partial charge in [-0.1, -0.05) is 18.2 Å². The van der Waals surface area contributed by atoms with Crippen LogP contribution in [0.25, 0.3) is 11.1 Å². The van der Waals surface area contributed by atoms with E-state index in [0.29, 0.717) is 0 Å². The summed E-state index contributed by atoms with van der Waals surface area (Å²) < 4.78 is 2.04. The minimum absolute atomic E-state index is 0.911. The van der Waals surface area contributed by atoms with E-state index in [1.165, 1.54) is 27.9 Å². The van der Waals surface area contributed by atoms with E-state index in [1.807, 2.05) is 17.9 Å². The summed E-state index contributed by atoms with van der Waals surface area (Å²) in [4.78, 5) is 0. The van der Waals surface area contributed by atoms with Gasteiger partial charge in [-0.05, 0) is 44.5 Å². The molecule has 2 aromatic rings. The van der Waals surface area contributed by atoms with Gasteiger partial charge in [0.2, 0.25) is 0 Å². The first-order chi connectivity index (χ1) is 8.67. The summed E-state index contributed by atoms with van der Waals surface area (Å²) >= 11 is 0. The minimum Gasteiger partial charge on any atom is -0.316 e. The molecule has 0 radical (unpaired) electrons. The molecule has 0 amide bonds. The van der Waals surface area contributed by atoms with Gasteiger partial charge in [0.25, 0.3) is 0 Å². The molecule has 3 nitrogen and oxygen atoms in total. The van der Waals surface area contributed by atoms with Gasteiger partial charge in [-0.15, -0.1) is 0 Å². The topological polar surface area (TPSA) is 29.9 Å². The number of hydrogen-bond donors (Lipinski definition) is 1. The lowest BCUT2D eigenvalue weighted by molar-refractivity contribution is 0.640. The molecule has 0 bridgehead atoms. The van der Waals surface area contributed by atoms with Crippen LogP contribution in [0.1, 0.15) is 23.7 Å². The molecular formula is C15H21N3. The van der Waals surface area contributed by atoms with E-state index in [1.54, 1.807) is 0 Å². The van der Waals surface area contributed by atoms with Crippen molar-refractivity contribution in [2.45, 2.75) is 33.9 Å². The van der Waals surface area contributed by atoms with Gasteiger partial charge in [0.15, 0.2) is 0 Å². The van der Waals surface area contributed by atoms with Crippen LogP contribution in [0, 0.1) is 13.8 Å². The number of rotatable bonds is 4. The Balaban J connectivity index is 2.41. The van der Waals surface area contributed by atoms with Crippen molar-refractivity contribution in [3.63, 3.8) is 0 Å². The molecule has 0 saturated heterocycles. The van der Waals surface area contributed by atoms with Gasteiger partial charge in [0, 0.05) is 24.3 Å². The lowest BCUT2D eigenvalue weighted by Gasteiger charge is -2.08. The summed E-state index contributed by atoms with van der Waals surface area (Å²) in [6.45, 7) is 8.24. The van der Waals surface area contributed by atoms with E-state index >= 15 is 0 Å². The fraction of sp³-hybridized carbons (Fsp3) is 0.400. The maximum absolute atomic E-state index is 4.41. The molecule has 0 aliphatic carbocycles. The van der Waals surface area contributed by atoms with Crippen molar-refractivity contribution in [2.75, 3.05) is 7.05 Å². The quantitative estimate of drug-likeness (QED) is 0.895. The van der Waals surface area contributed by atoms with E-state index < -0.39 is 0 Å². The first-order valence-electron chi connectivity index (χ1n) is 6.44. The fourth-order valence-corrected chi connectivity index (χ4v) is 2.37. The van der Waals surface area contributed by atoms with Gasteiger partial charge < -0.3 is 5.32 Å². The van der Waals surface area contributed by atoms with Crippen LogP contribution in [-0.2, 0) is 13.1 Å². The zero-order chi connectivity index (χ0) is 13.1. The van der Waals surface area contributed by atoms with Crippen molar-refractivity contribution in [3.8, 4) is 11.1 Å². The number of hydrogen-bond acceptors (Lipinski definition) is 2. The zero-order valence-corrected chi connectivity index (χ0v) is 11.6. The third-order valence-electron chi connectivity index (χ3n) is 3.36. The Hall–Kier alpha value is -1.61. The van der Waals surface area contributed by atoms with Crippen LogP contribution in [-0.4, -0.2) is 16.8 Å². The maximum Gasteiger partial charge on any atom is 0.0571 e. The standard InChI is InChI=1S/C15H21N3/c1-5-18-12(3)15(10-17-18)14-7-6-13(9-16-4)8-11(14)2/h6-8,10,16H,5,9H2,1-4H3. The fourth-order valence-electron chi connectivity index (χ4n) is 2.37. The van der Waals surface area contributed by atoms with Crippen LogP contribution in [0.3, 0.4) is 0 Å². The summed E-state index contributed by atoms with van der Waals surface area (Å²) in [5.74, 6) is 0. The van der Waals surface area contributed by atoms with Gasteiger partial charge >= 0.3 is 0 Å². The van der Waals surface area contributed by atoms with Crippen molar-refractivity contribution >= 4 is 0 Å². The number of nitrogens with one attached hydrogen (secondary N) is 1. The molecule has 1 heterocycles. The smallest absolute Gasteiger partial charge is 0.0571 e. The molecule has 0 spiro atoms. The summed E-state index contributed by atoms with van der Waals surface area (Å²) in [5, 5.41) is 7.59. The molecule has 1 aromatic heterocycles. The van der Waals surface area contributed by atoms with Crippen molar-refractivity contribution < 1.29 is 0 Å². The molecule has 0 aliphatic rings. The molecule has 0 saturated carbocycles. The second kappa shape index (κ2) is 5.36. The van der Waals surface area contributed by atoms with Crippen LogP contribution in [0.4, 0.5) is 0 Å². The van der Waals surface area contributed by atoms with Crippen molar-refractivity contribution in [1.29, 1.82) is 0 Å². The van der Waals surface area contributed by atoms with Crippen molar-refractivity contribution in [1.82, 2.24) is 15.1 Å². The monoisotopic (exact) mass is 243 g/mol. The molecule has 2 rings (SSSR count). The average molecular weight is 243 g/mol. The van der Waals surface area contributed by atoms with E-state index in [9.17, 15) is 0 Å². The second-order valence-corrected chi connectivity index (χ2v) is 4.64. The number of aryl methyl sites for hydroxylation is 2. The minimum atomic E-state index is 0.911. The van der Waals surface area contributed by atoms with Crippen molar-refractivity contribution in [2.24, 2.45) is 0 Å². The van der Waals surface area contributed by atoms with Crippen LogP contribution in [0.15, 0.2) is 24.4 Å². The second-order valence-electron chi connectivity index (χ2n) is 4.64. The van der Waals surface area contributed by atoms with Crippen molar-refractivity contribution in [3.05, 3.63) is 41.2 Å². The predicted octanol–water partition coefficient (Wildman–Crippen LogP) is 2.91. The van der Waals surface area contributed by atoms with Gasteiger partial charge in [0.1, 0.15) is 0 Å². The molecular weight excluding hydrogens is 222 g/mol. The Morgan fingerprint density at radius 1 is 1.22 bits per heavy atom. The molecule has 96 valence electrons. The van der Waals surface area contributed by atoms with Gasteiger partial charge in [0.05, 0.1) is 6.20 Å². The van der Waals surface area contributed by atoms with Crippen LogP contribution >= 0.6 is 0 Å². The highest BCUT2D eigenvalue weighted by molar-refractivity contribution is 5.69. The van der Waals surface area contributed by atoms with E-state index in [-0.39, 0.29) is 0 Å². The van der Waals surface area contributed by atoms with E-state index in [2.05, 4.69) is 49.4 Å². The summed E-state index contributed by atoms with van der Waals surface area (Å²) in [7, 11) is 1.97. The zero-order valence-electron chi connectivity index (χ0n) is 11.6. The Morgan fingerprint density at radius 2 is 2.00 bits per heavy atom. The van der Waals surface area contributed by atoms with E-state index in [0.717, 1.165) is 13.1 Å².